The lowest BCUT2D eigenvalue weighted by Gasteiger charge is -2.39. The second kappa shape index (κ2) is 12.5. The third-order valence-electron chi connectivity index (χ3n) is 6.89. The van der Waals surface area contributed by atoms with Gasteiger partial charge < -0.3 is 0 Å². The molecule has 1 unspecified atom stereocenters. The van der Waals surface area contributed by atoms with E-state index in [0.29, 0.717) is 10.0 Å². The molecule has 162 valence electrons. The van der Waals surface area contributed by atoms with Crippen LogP contribution in [0.5, 0.6) is 0 Å². The van der Waals surface area contributed by atoms with Gasteiger partial charge in [0.05, 0.1) is 10.0 Å². The van der Waals surface area contributed by atoms with E-state index in [9.17, 15) is 0 Å². The van der Waals surface area contributed by atoms with Crippen molar-refractivity contribution in [1.82, 2.24) is 0 Å². The molecule has 0 N–H and O–H groups in total. The summed E-state index contributed by atoms with van der Waals surface area (Å²) in [4.78, 5) is 0. The minimum Gasteiger partial charge on any atom is -0.0827 e. The third-order valence-corrected chi connectivity index (χ3v) is 7.61. The normalized spacial score (nSPS) is 14.3. The van der Waals surface area contributed by atoms with Gasteiger partial charge in [0.2, 0.25) is 0 Å². The first-order valence-corrected chi connectivity index (χ1v) is 12.5. The molecule has 0 amide bonds. The Morgan fingerprint density at radius 3 is 1.46 bits per heavy atom. The van der Waals surface area contributed by atoms with Crippen molar-refractivity contribution >= 4 is 23.2 Å². The average Bonchev–Trinajstić information content (AvgIpc) is 2.69. The molecule has 0 spiro atoms. The van der Waals surface area contributed by atoms with Crippen LogP contribution in [0.3, 0.4) is 0 Å². The van der Waals surface area contributed by atoms with Gasteiger partial charge in [-0.05, 0) is 59.8 Å². The number of hydrogen-bond acceptors (Lipinski definition) is 0. The minimum absolute atomic E-state index is 0.164. The van der Waals surface area contributed by atoms with E-state index < -0.39 is 0 Å². The number of hydrogen-bond donors (Lipinski definition) is 0. The van der Waals surface area contributed by atoms with Crippen LogP contribution in [-0.4, -0.2) is 0 Å². The molecule has 0 aromatic heterocycles. The van der Waals surface area contributed by atoms with Crippen molar-refractivity contribution < 1.29 is 0 Å². The van der Waals surface area contributed by atoms with E-state index in [4.69, 9.17) is 23.2 Å². The second-order valence-corrected chi connectivity index (χ2v) is 10.1. The van der Waals surface area contributed by atoms with Crippen LogP contribution in [0.15, 0.2) is 12.1 Å². The van der Waals surface area contributed by atoms with Crippen LogP contribution >= 0.6 is 23.2 Å². The highest BCUT2D eigenvalue weighted by molar-refractivity contribution is 6.42. The molecular weight excluding hydrogens is 383 g/mol. The monoisotopic (exact) mass is 426 g/mol. The Balaban J connectivity index is 3.41. The molecule has 0 fully saturated rings. The Bertz CT molecular complexity index is 570. The molecule has 28 heavy (non-hydrogen) atoms. The lowest BCUT2D eigenvalue weighted by molar-refractivity contribution is 0.346. The number of unbranched alkanes of at least 4 members (excludes halogenated alkanes) is 5. The molecule has 0 saturated carbocycles. The van der Waals surface area contributed by atoms with E-state index >= 15 is 0 Å². The summed E-state index contributed by atoms with van der Waals surface area (Å²) in [7, 11) is 0. The summed E-state index contributed by atoms with van der Waals surface area (Å²) < 4.78 is 0. The zero-order valence-electron chi connectivity index (χ0n) is 19.4. The summed E-state index contributed by atoms with van der Waals surface area (Å²) in [5, 5.41) is 1.42. The van der Waals surface area contributed by atoms with E-state index in [0.717, 1.165) is 6.42 Å². The topological polar surface area (TPSA) is 0 Å². The van der Waals surface area contributed by atoms with E-state index in [2.05, 4.69) is 53.7 Å². The van der Waals surface area contributed by atoms with Crippen LogP contribution in [0.4, 0.5) is 0 Å². The minimum atomic E-state index is 0.164. The first kappa shape index (κ1) is 25.8. The maximum atomic E-state index is 6.57. The van der Waals surface area contributed by atoms with Crippen LogP contribution in [0.25, 0.3) is 0 Å². The third kappa shape index (κ3) is 6.94. The largest absolute Gasteiger partial charge is 0.0827 e. The zero-order valence-corrected chi connectivity index (χ0v) is 20.9. The van der Waals surface area contributed by atoms with Gasteiger partial charge in [0.1, 0.15) is 0 Å². The van der Waals surface area contributed by atoms with Gasteiger partial charge in [-0.25, -0.2) is 0 Å². The van der Waals surface area contributed by atoms with E-state index in [1.165, 1.54) is 81.8 Å². The van der Waals surface area contributed by atoms with Gasteiger partial charge in [0, 0.05) is 0 Å². The smallest absolute Gasteiger partial charge is 0.0595 e. The van der Waals surface area contributed by atoms with Crippen molar-refractivity contribution in [1.29, 1.82) is 0 Å². The molecule has 0 aliphatic heterocycles. The molecule has 2 heteroatoms. The summed E-state index contributed by atoms with van der Waals surface area (Å²) in [5.74, 6) is 0. The Hall–Kier alpha value is -0.200. The standard InChI is InChI=1S/C26H44Cl2/c1-7-11-14-15-18-25(5,10-4)21-19-23(27)24(28)20-22(21)26(6,16-12-8-2)17-13-9-3/h19-20H,7-18H2,1-6H3. The number of benzene rings is 1. The molecule has 0 heterocycles. The van der Waals surface area contributed by atoms with Gasteiger partial charge >= 0.3 is 0 Å². The quantitative estimate of drug-likeness (QED) is 0.259. The van der Waals surface area contributed by atoms with Gasteiger partial charge in [-0.1, -0.05) is 116 Å². The number of rotatable bonds is 14. The zero-order chi connectivity index (χ0) is 21.2. The highest BCUT2D eigenvalue weighted by Crippen LogP contribution is 2.46. The molecule has 0 radical (unpaired) electrons. The summed E-state index contributed by atoms with van der Waals surface area (Å²) in [6.45, 7) is 14.1. The predicted molar refractivity (Wildman–Crippen MR) is 129 cm³/mol. The SMILES string of the molecule is CCCCCCC(C)(CC)c1cc(Cl)c(Cl)cc1C(C)(CCCC)CCCC. The highest BCUT2D eigenvalue weighted by Gasteiger charge is 2.35. The van der Waals surface area contributed by atoms with Gasteiger partial charge in [-0.2, -0.15) is 0 Å². The summed E-state index contributed by atoms with van der Waals surface area (Å²) >= 11 is 13.1. The molecule has 0 nitrogen and oxygen atoms in total. The van der Waals surface area contributed by atoms with E-state index in [1.807, 2.05) is 0 Å². The number of halogens is 2. The van der Waals surface area contributed by atoms with E-state index in [-0.39, 0.29) is 10.8 Å². The summed E-state index contributed by atoms with van der Waals surface area (Å²) in [5.41, 5.74) is 3.26. The Morgan fingerprint density at radius 2 is 1.04 bits per heavy atom. The van der Waals surface area contributed by atoms with Gasteiger partial charge in [-0.15, -0.1) is 0 Å². The van der Waals surface area contributed by atoms with Crippen LogP contribution in [-0.2, 0) is 10.8 Å². The van der Waals surface area contributed by atoms with Crippen LogP contribution in [0.1, 0.15) is 130 Å². The molecule has 0 aliphatic rings. The lowest BCUT2D eigenvalue weighted by atomic mass is 9.66. The Morgan fingerprint density at radius 1 is 0.607 bits per heavy atom. The molecule has 1 atom stereocenters. The fraction of sp³-hybridized carbons (Fsp3) is 0.769. The molecule has 1 aromatic carbocycles. The molecule has 0 aliphatic carbocycles. The fourth-order valence-corrected chi connectivity index (χ4v) is 4.84. The second-order valence-electron chi connectivity index (χ2n) is 9.30. The van der Waals surface area contributed by atoms with E-state index in [1.54, 1.807) is 0 Å². The first-order chi connectivity index (χ1) is 13.3. The molecule has 0 saturated heterocycles. The van der Waals surface area contributed by atoms with Gasteiger partial charge in [0.15, 0.2) is 0 Å². The molecular formula is C26H44Cl2. The fourth-order valence-electron chi connectivity index (χ4n) is 4.52. The predicted octanol–water partition coefficient (Wildman–Crippen LogP) is 10.3. The highest BCUT2D eigenvalue weighted by atomic mass is 35.5. The van der Waals surface area contributed by atoms with Crippen molar-refractivity contribution in [2.24, 2.45) is 0 Å². The Kier molecular flexibility index (Phi) is 11.5. The van der Waals surface area contributed by atoms with Crippen molar-refractivity contribution in [2.45, 2.75) is 129 Å². The van der Waals surface area contributed by atoms with Crippen molar-refractivity contribution in [3.05, 3.63) is 33.3 Å². The molecule has 1 aromatic rings. The lowest BCUT2D eigenvalue weighted by Crippen LogP contribution is -2.30. The maximum absolute atomic E-state index is 6.57. The van der Waals surface area contributed by atoms with Crippen molar-refractivity contribution in [2.75, 3.05) is 0 Å². The summed E-state index contributed by atoms with van der Waals surface area (Å²) in [6.07, 6.45) is 15.1. The van der Waals surface area contributed by atoms with Gasteiger partial charge in [0.25, 0.3) is 0 Å². The van der Waals surface area contributed by atoms with Crippen molar-refractivity contribution in [3.8, 4) is 0 Å². The maximum Gasteiger partial charge on any atom is 0.0595 e. The molecule has 1 rings (SSSR count). The molecule has 0 bridgehead atoms. The average molecular weight is 428 g/mol. The Labute approximate surface area is 185 Å². The van der Waals surface area contributed by atoms with Crippen molar-refractivity contribution in [3.63, 3.8) is 0 Å². The van der Waals surface area contributed by atoms with Gasteiger partial charge in [-0.3, -0.25) is 0 Å². The summed E-state index contributed by atoms with van der Waals surface area (Å²) in [6, 6.07) is 4.42. The first-order valence-electron chi connectivity index (χ1n) is 11.8. The van der Waals surface area contributed by atoms with Crippen LogP contribution in [0, 0.1) is 0 Å². The van der Waals surface area contributed by atoms with Crippen LogP contribution in [0.2, 0.25) is 10.0 Å². The van der Waals surface area contributed by atoms with Crippen LogP contribution < -0.4 is 0 Å².